The Morgan fingerprint density at radius 2 is 1.79 bits per heavy atom. The Kier molecular flexibility index (Phi) is 5.22. The van der Waals surface area contributed by atoms with Crippen molar-refractivity contribution in [1.29, 1.82) is 0 Å². The highest BCUT2D eigenvalue weighted by Gasteiger charge is 2.49. The van der Waals surface area contributed by atoms with Crippen LogP contribution in [0.5, 0.6) is 0 Å². The maximum Gasteiger partial charge on any atom is 0.340 e. The lowest BCUT2D eigenvalue weighted by Crippen LogP contribution is -2.63. The van der Waals surface area contributed by atoms with Crippen molar-refractivity contribution in [2.24, 2.45) is 5.92 Å². The summed E-state index contributed by atoms with van der Waals surface area (Å²) in [7, 11) is -3.67. The number of fused-ring (bicyclic) bond motifs is 2. The SMILES string of the molecule is CS(=O)(=O)O.O=C(OC1CC2CC3C[C@@H](C1)N2CC3=O)c1c[nH]c2ccccc12. The number of rotatable bonds is 2. The zero-order valence-corrected chi connectivity index (χ0v) is 16.9. The fourth-order valence-electron chi connectivity index (χ4n) is 4.87. The van der Waals surface area contributed by atoms with Crippen LogP contribution in [0.3, 0.4) is 0 Å². The Hall–Kier alpha value is -2.23. The molecule has 1 aromatic heterocycles. The Bertz CT molecular complexity index is 1020. The standard InChI is InChI=1S/C19H20N2O3.CH4O3S/c22-18-10-21-12-5-11(18)6-13(21)8-14(7-12)24-19(23)16-9-20-17-4-2-1-3-15(16)17;1-5(2,3)4/h1-4,9,11-14,20H,5-8,10H2;1H3,(H,2,3,4)/t11?,12-,13?,14?;/m0./s1. The number of para-hydroxylation sites is 1. The molecule has 4 bridgehead atoms. The molecule has 9 heteroatoms. The van der Waals surface area contributed by atoms with Crippen LogP contribution in [-0.4, -0.2) is 65.6 Å². The Labute approximate surface area is 169 Å². The van der Waals surface area contributed by atoms with Gasteiger partial charge in [-0.15, -0.1) is 0 Å². The van der Waals surface area contributed by atoms with Crippen molar-refractivity contribution < 1.29 is 27.3 Å². The van der Waals surface area contributed by atoms with Crippen LogP contribution in [0.1, 0.15) is 36.0 Å². The molecule has 5 heterocycles. The predicted molar refractivity (Wildman–Crippen MR) is 106 cm³/mol. The Balaban J connectivity index is 0.000000369. The summed E-state index contributed by atoms with van der Waals surface area (Å²) in [5.41, 5.74) is 1.56. The van der Waals surface area contributed by atoms with Crippen molar-refractivity contribution in [3.63, 3.8) is 0 Å². The maximum absolute atomic E-state index is 12.6. The van der Waals surface area contributed by atoms with E-state index >= 15 is 0 Å². The van der Waals surface area contributed by atoms with Gasteiger partial charge in [0.2, 0.25) is 0 Å². The second-order valence-corrected chi connectivity index (χ2v) is 9.56. The van der Waals surface area contributed by atoms with Crippen molar-refractivity contribution >= 4 is 32.8 Å². The van der Waals surface area contributed by atoms with Gasteiger partial charge in [0.25, 0.3) is 10.1 Å². The van der Waals surface area contributed by atoms with Gasteiger partial charge in [-0.25, -0.2) is 4.79 Å². The van der Waals surface area contributed by atoms with Crippen molar-refractivity contribution in [3.05, 3.63) is 36.0 Å². The number of esters is 1. The van der Waals surface area contributed by atoms with E-state index in [1.807, 2.05) is 24.3 Å². The third kappa shape index (κ3) is 4.36. The number of carbonyl (C=O) groups is 2. The molecule has 4 unspecified atom stereocenters. The van der Waals surface area contributed by atoms with Gasteiger partial charge in [0, 0.05) is 47.9 Å². The molecule has 0 aliphatic carbocycles. The second-order valence-electron chi connectivity index (χ2n) is 8.09. The molecule has 1 aromatic carbocycles. The zero-order chi connectivity index (χ0) is 20.8. The van der Waals surface area contributed by atoms with E-state index in [1.54, 1.807) is 6.20 Å². The normalized spacial score (nSPS) is 30.6. The number of Topliss-reactive ketones (excluding diaryl/α,β-unsaturated/α-hetero) is 1. The first-order valence-corrected chi connectivity index (χ1v) is 11.5. The van der Waals surface area contributed by atoms with Gasteiger partial charge >= 0.3 is 5.97 Å². The minimum atomic E-state index is -3.67. The molecule has 2 N–H and O–H groups in total. The van der Waals surface area contributed by atoms with Crippen LogP contribution in [0.4, 0.5) is 0 Å². The van der Waals surface area contributed by atoms with Crippen LogP contribution < -0.4 is 0 Å². The molecule has 8 nitrogen and oxygen atoms in total. The van der Waals surface area contributed by atoms with E-state index in [0.717, 1.165) is 36.6 Å². The molecule has 156 valence electrons. The summed E-state index contributed by atoms with van der Waals surface area (Å²) in [6.07, 6.45) is 6.01. The molecule has 6 rings (SSSR count). The number of aromatic amines is 1. The van der Waals surface area contributed by atoms with Crippen LogP contribution in [0, 0.1) is 5.92 Å². The molecule has 4 saturated heterocycles. The maximum atomic E-state index is 12.6. The molecule has 0 radical (unpaired) electrons. The van der Waals surface area contributed by atoms with Gasteiger partial charge in [-0.1, -0.05) is 18.2 Å². The molecule has 29 heavy (non-hydrogen) atoms. The summed E-state index contributed by atoms with van der Waals surface area (Å²) in [6, 6.07) is 8.58. The number of H-pyrrole nitrogens is 1. The highest BCUT2D eigenvalue weighted by atomic mass is 32.2. The zero-order valence-electron chi connectivity index (χ0n) is 16.1. The van der Waals surface area contributed by atoms with Gasteiger partial charge in [-0.05, 0) is 18.9 Å². The van der Waals surface area contributed by atoms with Gasteiger partial charge < -0.3 is 9.72 Å². The average Bonchev–Trinajstić information content (AvgIpc) is 3.04. The van der Waals surface area contributed by atoms with Crippen molar-refractivity contribution in [1.82, 2.24) is 9.88 Å². The number of ketones is 1. The van der Waals surface area contributed by atoms with E-state index in [1.165, 1.54) is 0 Å². The first-order chi connectivity index (χ1) is 13.7. The summed E-state index contributed by atoms with van der Waals surface area (Å²) >= 11 is 0. The summed E-state index contributed by atoms with van der Waals surface area (Å²) in [4.78, 5) is 30.0. The Morgan fingerprint density at radius 1 is 1.17 bits per heavy atom. The van der Waals surface area contributed by atoms with Gasteiger partial charge in [-0.3, -0.25) is 14.2 Å². The molecule has 2 aromatic rings. The average molecular weight is 420 g/mol. The minimum Gasteiger partial charge on any atom is -0.459 e. The lowest BCUT2D eigenvalue weighted by atomic mass is 9.72. The lowest BCUT2D eigenvalue weighted by molar-refractivity contribution is -0.145. The number of nitrogens with zero attached hydrogens (tertiary/aromatic N) is 1. The van der Waals surface area contributed by atoms with E-state index in [-0.39, 0.29) is 18.0 Å². The molecule has 4 aliphatic rings. The van der Waals surface area contributed by atoms with Crippen LogP contribution in [0.15, 0.2) is 30.5 Å². The topological polar surface area (TPSA) is 117 Å². The number of carbonyl (C=O) groups excluding carboxylic acids is 2. The van der Waals surface area contributed by atoms with E-state index in [0.29, 0.717) is 36.2 Å². The molecule has 4 aliphatic heterocycles. The first-order valence-electron chi connectivity index (χ1n) is 9.67. The smallest absolute Gasteiger partial charge is 0.340 e. The number of ether oxygens (including phenoxy) is 1. The van der Waals surface area contributed by atoms with E-state index < -0.39 is 10.1 Å². The molecule has 4 fully saturated rings. The minimum absolute atomic E-state index is 0.0356. The molecular formula is C20H24N2O6S. The molecule has 5 atom stereocenters. The van der Waals surface area contributed by atoms with E-state index in [2.05, 4.69) is 9.88 Å². The van der Waals surface area contributed by atoms with E-state index in [4.69, 9.17) is 9.29 Å². The van der Waals surface area contributed by atoms with Crippen molar-refractivity contribution in [3.8, 4) is 0 Å². The van der Waals surface area contributed by atoms with Crippen LogP contribution in [0.2, 0.25) is 0 Å². The van der Waals surface area contributed by atoms with Gasteiger partial charge in [0.1, 0.15) is 11.9 Å². The third-order valence-corrected chi connectivity index (χ3v) is 6.00. The fraction of sp³-hybridized carbons (Fsp3) is 0.500. The monoisotopic (exact) mass is 420 g/mol. The predicted octanol–water partition coefficient (Wildman–Crippen LogP) is 2.02. The summed E-state index contributed by atoms with van der Waals surface area (Å²) in [5.74, 6) is 0.403. The molecule has 0 saturated carbocycles. The van der Waals surface area contributed by atoms with Crippen molar-refractivity contribution in [2.45, 2.75) is 43.9 Å². The van der Waals surface area contributed by atoms with E-state index in [9.17, 15) is 18.0 Å². The highest BCUT2D eigenvalue weighted by Crippen LogP contribution is 2.42. The number of aromatic nitrogens is 1. The quantitative estimate of drug-likeness (QED) is 0.564. The molecular weight excluding hydrogens is 396 g/mol. The Morgan fingerprint density at radius 3 is 2.41 bits per heavy atom. The first kappa shape index (κ1) is 20.1. The van der Waals surface area contributed by atoms with Crippen LogP contribution >= 0.6 is 0 Å². The summed E-state index contributed by atoms with van der Waals surface area (Å²) in [6.45, 7) is 0.600. The van der Waals surface area contributed by atoms with Crippen LogP contribution in [0.25, 0.3) is 10.9 Å². The largest absolute Gasteiger partial charge is 0.459 e. The second kappa shape index (κ2) is 7.55. The highest BCUT2D eigenvalue weighted by molar-refractivity contribution is 7.85. The lowest BCUT2D eigenvalue weighted by Gasteiger charge is -2.54. The molecule has 0 spiro atoms. The van der Waals surface area contributed by atoms with Gasteiger partial charge in [-0.2, -0.15) is 8.42 Å². The summed E-state index contributed by atoms with van der Waals surface area (Å²) in [5, 5.41) is 0.909. The number of piperidine rings is 4. The van der Waals surface area contributed by atoms with Gasteiger partial charge in [0.15, 0.2) is 0 Å². The van der Waals surface area contributed by atoms with Crippen molar-refractivity contribution in [2.75, 3.05) is 12.8 Å². The molecule has 0 amide bonds. The number of benzene rings is 1. The fourth-order valence-corrected chi connectivity index (χ4v) is 4.87. The summed E-state index contributed by atoms with van der Waals surface area (Å²) < 4.78 is 31.7. The number of nitrogens with one attached hydrogen (secondary N) is 1. The van der Waals surface area contributed by atoms with Crippen LogP contribution in [-0.2, 0) is 19.6 Å². The number of hydrogen-bond acceptors (Lipinski definition) is 6. The number of hydrogen-bond donors (Lipinski definition) is 2. The van der Waals surface area contributed by atoms with Gasteiger partial charge in [0.05, 0.1) is 18.4 Å². The third-order valence-electron chi connectivity index (χ3n) is 6.00.